The lowest BCUT2D eigenvalue weighted by atomic mass is 10.0. The molecule has 0 amide bonds. The fourth-order valence-corrected chi connectivity index (χ4v) is 3.11. The Hall–Kier alpha value is -2.29. The van der Waals surface area contributed by atoms with Crippen molar-refractivity contribution in [3.05, 3.63) is 53.6 Å². The van der Waals surface area contributed by atoms with E-state index in [0.29, 0.717) is 12.1 Å². The number of phenolic OH excluding ortho intramolecular Hbond substituents is 1. The smallest absolute Gasteiger partial charge is 0.229 e. The van der Waals surface area contributed by atoms with Gasteiger partial charge in [0.15, 0.2) is 0 Å². The molecule has 0 aliphatic carbocycles. The average molecular weight is 379 g/mol. The van der Waals surface area contributed by atoms with E-state index in [0.717, 1.165) is 23.9 Å². The zero-order chi connectivity index (χ0) is 19.3. The van der Waals surface area contributed by atoms with Crippen LogP contribution in [0, 0.1) is 0 Å². The molecule has 26 heavy (non-hydrogen) atoms. The number of aliphatic hydroxyl groups excluding tert-OH is 1. The molecule has 0 heterocycles. The van der Waals surface area contributed by atoms with Crippen LogP contribution in [0.3, 0.4) is 0 Å². The van der Waals surface area contributed by atoms with Crippen LogP contribution in [0.2, 0.25) is 0 Å². The minimum Gasteiger partial charge on any atom is -0.506 e. The Morgan fingerprint density at radius 1 is 1.15 bits per heavy atom. The minimum absolute atomic E-state index is 0.0399. The van der Waals surface area contributed by atoms with Crippen molar-refractivity contribution in [2.45, 2.75) is 25.5 Å². The molecule has 0 saturated heterocycles. The van der Waals surface area contributed by atoms with Crippen LogP contribution < -0.4 is 15.8 Å². The Morgan fingerprint density at radius 2 is 1.81 bits per heavy atom. The molecule has 2 aromatic carbocycles. The zero-order valence-electron chi connectivity index (χ0n) is 14.8. The van der Waals surface area contributed by atoms with E-state index >= 15 is 0 Å². The fourth-order valence-electron chi connectivity index (χ4n) is 2.55. The first kappa shape index (κ1) is 20.0. The van der Waals surface area contributed by atoms with Crippen molar-refractivity contribution in [2.75, 3.05) is 23.3 Å². The van der Waals surface area contributed by atoms with Crippen LogP contribution in [0.5, 0.6) is 5.75 Å². The summed E-state index contributed by atoms with van der Waals surface area (Å²) in [5.74, 6) is -0.199. The molecule has 0 aromatic heterocycles. The number of rotatable bonds is 8. The van der Waals surface area contributed by atoms with Gasteiger partial charge in [0, 0.05) is 11.7 Å². The van der Waals surface area contributed by atoms with Crippen molar-refractivity contribution < 1.29 is 18.6 Å². The molecular formula is C18H25N3O4S. The van der Waals surface area contributed by atoms with E-state index in [1.807, 2.05) is 31.2 Å². The molecule has 6 N–H and O–H groups in total. The van der Waals surface area contributed by atoms with Crippen molar-refractivity contribution in [2.24, 2.45) is 0 Å². The summed E-state index contributed by atoms with van der Waals surface area (Å²) in [6.07, 6.45) is 0.923. The molecule has 0 spiro atoms. The van der Waals surface area contributed by atoms with Gasteiger partial charge in [0.05, 0.1) is 18.0 Å². The quantitative estimate of drug-likeness (QED) is 0.350. The second-order valence-corrected chi connectivity index (χ2v) is 8.08. The second kappa shape index (κ2) is 8.39. The molecule has 2 aromatic rings. The van der Waals surface area contributed by atoms with Crippen molar-refractivity contribution in [1.29, 1.82) is 0 Å². The Labute approximate surface area is 153 Å². The summed E-state index contributed by atoms with van der Waals surface area (Å²) in [6.45, 7) is 2.50. The fraction of sp³-hybridized carbons (Fsp3) is 0.333. The molecule has 2 atom stereocenters. The maximum absolute atomic E-state index is 11.4. The molecule has 0 radical (unpaired) electrons. The predicted molar refractivity (Wildman–Crippen MR) is 104 cm³/mol. The van der Waals surface area contributed by atoms with Crippen molar-refractivity contribution in [3.8, 4) is 5.75 Å². The van der Waals surface area contributed by atoms with Crippen LogP contribution in [0.1, 0.15) is 24.2 Å². The summed E-state index contributed by atoms with van der Waals surface area (Å²) in [5.41, 5.74) is 8.06. The maximum Gasteiger partial charge on any atom is 0.229 e. The molecule has 8 heteroatoms. The predicted octanol–water partition coefficient (Wildman–Crippen LogP) is 1.60. The van der Waals surface area contributed by atoms with Gasteiger partial charge in [0.1, 0.15) is 5.75 Å². The SMILES string of the molecule is CC(NCCc1ccc(N)cc1)C(O)c1ccc(O)c(NS(C)(=O)=O)c1. The highest BCUT2D eigenvalue weighted by Crippen LogP contribution is 2.29. The number of aliphatic hydroxyl groups is 1. The van der Waals surface area contributed by atoms with E-state index in [1.54, 1.807) is 6.07 Å². The van der Waals surface area contributed by atoms with Gasteiger partial charge in [-0.15, -0.1) is 0 Å². The summed E-state index contributed by atoms with van der Waals surface area (Å²) >= 11 is 0. The van der Waals surface area contributed by atoms with E-state index in [1.165, 1.54) is 12.1 Å². The number of nitrogens with one attached hydrogen (secondary N) is 2. The number of benzene rings is 2. The standard InChI is InChI=1S/C18H25N3O4S/c1-12(20-10-9-13-3-6-15(19)7-4-13)18(23)14-5-8-17(22)16(11-14)21-26(2,24)25/h3-8,11-12,18,20-23H,9-10,19H2,1-2H3. The Bertz CT molecular complexity index is 838. The third-order valence-electron chi connectivity index (χ3n) is 3.99. The van der Waals surface area contributed by atoms with Crippen LogP contribution in [0.25, 0.3) is 0 Å². The number of anilines is 2. The third-order valence-corrected chi connectivity index (χ3v) is 4.58. The topological polar surface area (TPSA) is 125 Å². The molecule has 2 unspecified atom stereocenters. The number of nitrogen functional groups attached to an aromatic ring is 1. The molecule has 7 nitrogen and oxygen atoms in total. The number of aromatic hydroxyl groups is 1. The van der Waals surface area contributed by atoms with Crippen LogP contribution in [0.4, 0.5) is 11.4 Å². The largest absolute Gasteiger partial charge is 0.506 e. The van der Waals surface area contributed by atoms with E-state index in [4.69, 9.17) is 5.73 Å². The van der Waals surface area contributed by atoms with Crippen LogP contribution >= 0.6 is 0 Å². The molecule has 0 fully saturated rings. The Balaban J connectivity index is 1.97. The summed E-state index contributed by atoms with van der Waals surface area (Å²) in [7, 11) is -3.53. The molecule has 0 aliphatic rings. The molecule has 2 rings (SSSR count). The zero-order valence-corrected chi connectivity index (χ0v) is 15.6. The molecule has 0 saturated carbocycles. The van der Waals surface area contributed by atoms with E-state index in [-0.39, 0.29) is 17.5 Å². The highest BCUT2D eigenvalue weighted by atomic mass is 32.2. The average Bonchev–Trinajstić information content (AvgIpc) is 2.56. The van der Waals surface area contributed by atoms with Crippen molar-refractivity contribution in [1.82, 2.24) is 5.32 Å². The van der Waals surface area contributed by atoms with Crippen molar-refractivity contribution >= 4 is 21.4 Å². The first-order valence-corrected chi connectivity index (χ1v) is 10.1. The number of sulfonamides is 1. The number of hydrogen-bond acceptors (Lipinski definition) is 6. The number of hydrogen-bond donors (Lipinski definition) is 5. The van der Waals surface area contributed by atoms with Gasteiger partial charge >= 0.3 is 0 Å². The van der Waals surface area contributed by atoms with Crippen LogP contribution in [-0.2, 0) is 16.4 Å². The van der Waals surface area contributed by atoms with Gasteiger partial charge in [-0.1, -0.05) is 18.2 Å². The summed E-state index contributed by atoms with van der Waals surface area (Å²) in [4.78, 5) is 0. The highest BCUT2D eigenvalue weighted by molar-refractivity contribution is 7.92. The van der Waals surface area contributed by atoms with E-state index in [9.17, 15) is 18.6 Å². The van der Waals surface area contributed by atoms with Crippen LogP contribution in [0.15, 0.2) is 42.5 Å². The normalized spacial score (nSPS) is 14.0. The van der Waals surface area contributed by atoms with Crippen molar-refractivity contribution in [3.63, 3.8) is 0 Å². The number of nitrogens with two attached hydrogens (primary N) is 1. The lowest BCUT2D eigenvalue weighted by Gasteiger charge is -2.21. The Kier molecular flexibility index (Phi) is 6.47. The van der Waals surface area contributed by atoms with Gasteiger partial charge in [0.2, 0.25) is 10.0 Å². The van der Waals surface area contributed by atoms with E-state index in [2.05, 4.69) is 10.0 Å². The maximum atomic E-state index is 11.4. The minimum atomic E-state index is -3.53. The molecule has 0 aliphatic heterocycles. The van der Waals surface area contributed by atoms with Crippen LogP contribution in [-0.4, -0.2) is 37.5 Å². The molecule has 0 bridgehead atoms. The van der Waals surface area contributed by atoms with Gasteiger partial charge in [-0.3, -0.25) is 4.72 Å². The lowest BCUT2D eigenvalue weighted by molar-refractivity contribution is 0.136. The highest BCUT2D eigenvalue weighted by Gasteiger charge is 2.18. The third kappa shape index (κ3) is 5.91. The summed E-state index contributed by atoms with van der Waals surface area (Å²) < 4.78 is 25.0. The van der Waals surface area contributed by atoms with E-state index < -0.39 is 16.1 Å². The Morgan fingerprint density at radius 3 is 2.42 bits per heavy atom. The van der Waals surface area contributed by atoms with Gasteiger partial charge in [-0.2, -0.15) is 0 Å². The first-order valence-electron chi connectivity index (χ1n) is 8.22. The van der Waals surface area contributed by atoms with Gasteiger partial charge in [0.25, 0.3) is 0 Å². The number of phenols is 1. The van der Waals surface area contributed by atoms with Gasteiger partial charge in [-0.05, 0) is 55.3 Å². The summed E-state index contributed by atoms with van der Waals surface area (Å²) in [5, 5.41) is 23.5. The van der Waals surface area contributed by atoms with Gasteiger partial charge < -0.3 is 21.3 Å². The molecular weight excluding hydrogens is 354 g/mol. The van der Waals surface area contributed by atoms with Gasteiger partial charge in [-0.25, -0.2) is 8.42 Å². The second-order valence-electron chi connectivity index (χ2n) is 6.33. The monoisotopic (exact) mass is 379 g/mol. The molecule has 142 valence electrons. The lowest BCUT2D eigenvalue weighted by Crippen LogP contribution is -2.33. The first-order chi connectivity index (χ1) is 12.2. The summed E-state index contributed by atoms with van der Waals surface area (Å²) in [6, 6.07) is 11.7.